The van der Waals surface area contributed by atoms with E-state index in [1.54, 1.807) is 29.2 Å². The molecule has 7 nitrogen and oxygen atoms in total. The molecule has 1 aromatic rings. The van der Waals surface area contributed by atoms with Crippen molar-refractivity contribution >= 4 is 11.8 Å². The van der Waals surface area contributed by atoms with Crippen LogP contribution in [0, 0.1) is 23.2 Å². The molecule has 0 aliphatic carbocycles. The number of ether oxygens (including phenoxy) is 1. The first-order valence-electron chi connectivity index (χ1n) is 10.4. The van der Waals surface area contributed by atoms with Crippen molar-refractivity contribution in [2.75, 3.05) is 52.4 Å². The fourth-order valence-corrected chi connectivity index (χ4v) is 4.18. The van der Waals surface area contributed by atoms with Gasteiger partial charge in [-0.2, -0.15) is 5.26 Å². The van der Waals surface area contributed by atoms with Gasteiger partial charge < -0.3 is 14.5 Å². The van der Waals surface area contributed by atoms with Crippen LogP contribution >= 0.6 is 0 Å². The molecule has 2 heterocycles. The van der Waals surface area contributed by atoms with E-state index in [4.69, 9.17) is 10.00 Å². The summed E-state index contributed by atoms with van der Waals surface area (Å²) in [4.78, 5) is 31.0. The van der Waals surface area contributed by atoms with E-state index in [1.165, 1.54) is 6.42 Å². The average molecular weight is 399 g/mol. The predicted molar refractivity (Wildman–Crippen MR) is 109 cm³/mol. The van der Waals surface area contributed by atoms with Gasteiger partial charge in [0.25, 0.3) is 5.91 Å². The lowest BCUT2D eigenvalue weighted by Gasteiger charge is -2.38. The highest BCUT2D eigenvalue weighted by atomic mass is 16.5. The van der Waals surface area contributed by atoms with E-state index >= 15 is 0 Å². The number of hydrogen-bond donors (Lipinski definition) is 0. The molecule has 2 unspecified atom stereocenters. The van der Waals surface area contributed by atoms with Crippen LogP contribution in [-0.2, 0) is 9.59 Å². The monoisotopic (exact) mass is 398 g/mol. The zero-order valence-electron chi connectivity index (χ0n) is 17.3. The van der Waals surface area contributed by atoms with Crippen LogP contribution in [0.25, 0.3) is 0 Å². The SMILES string of the molecule is CC1CC(C)CN(C(=O)CN2CCN(C(=O)COc3ccc(C#N)cc3)CC2)C1. The molecule has 1 aromatic carbocycles. The van der Waals surface area contributed by atoms with E-state index in [0.29, 0.717) is 55.9 Å². The summed E-state index contributed by atoms with van der Waals surface area (Å²) < 4.78 is 5.54. The van der Waals surface area contributed by atoms with Crippen LogP contribution in [-0.4, -0.2) is 78.9 Å². The number of likely N-dealkylation sites (tertiary alicyclic amines) is 1. The highest BCUT2D eigenvalue weighted by molar-refractivity contribution is 5.79. The summed E-state index contributed by atoms with van der Waals surface area (Å²) in [5, 5.41) is 8.81. The number of nitrogens with zero attached hydrogens (tertiary/aromatic N) is 4. The van der Waals surface area contributed by atoms with E-state index in [1.807, 2.05) is 4.90 Å². The molecule has 0 spiro atoms. The van der Waals surface area contributed by atoms with Gasteiger partial charge in [0.2, 0.25) is 5.91 Å². The molecule has 2 aliphatic rings. The number of carbonyl (C=O) groups excluding carboxylic acids is 2. The number of hydrogen-bond acceptors (Lipinski definition) is 5. The maximum absolute atomic E-state index is 12.6. The molecule has 156 valence electrons. The smallest absolute Gasteiger partial charge is 0.260 e. The first-order valence-corrected chi connectivity index (χ1v) is 10.4. The summed E-state index contributed by atoms with van der Waals surface area (Å²) in [6, 6.07) is 8.77. The summed E-state index contributed by atoms with van der Waals surface area (Å²) >= 11 is 0. The number of carbonyl (C=O) groups is 2. The molecule has 0 aromatic heterocycles. The Morgan fingerprint density at radius 1 is 1.00 bits per heavy atom. The zero-order valence-corrected chi connectivity index (χ0v) is 17.3. The van der Waals surface area contributed by atoms with Gasteiger partial charge in [0.15, 0.2) is 6.61 Å². The number of amides is 2. The van der Waals surface area contributed by atoms with Crippen LogP contribution in [0.15, 0.2) is 24.3 Å². The fraction of sp³-hybridized carbons (Fsp3) is 0.591. The predicted octanol–water partition coefficient (Wildman–Crippen LogP) is 1.59. The van der Waals surface area contributed by atoms with Gasteiger partial charge in [-0.3, -0.25) is 14.5 Å². The third kappa shape index (κ3) is 5.94. The van der Waals surface area contributed by atoms with E-state index in [2.05, 4.69) is 24.8 Å². The van der Waals surface area contributed by atoms with E-state index < -0.39 is 0 Å². The molecule has 7 heteroatoms. The molecule has 2 aliphatic heterocycles. The lowest BCUT2D eigenvalue weighted by atomic mass is 9.92. The second kappa shape index (κ2) is 9.75. The van der Waals surface area contributed by atoms with Crippen LogP contribution in [0.5, 0.6) is 5.75 Å². The van der Waals surface area contributed by atoms with Crippen molar-refractivity contribution in [2.24, 2.45) is 11.8 Å². The Bertz CT molecular complexity index is 740. The Labute approximate surface area is 172 Å². The second-order valence-corrected chi connectivity index (χ2v) is 8.33. The highest BCUT2D eigenvalue weighted by Gasteiger charge is 2.28. The number of benzene rings is 1. The van der Waals surface area contributed by atoms with Crippen LogP contribution < -0.4 is 4.74 Å². The first kappa shape index (κ1) is 21.1. The summed E-state index contributed by atoms with van der Waals surface area (Å²) in [6.45, 7) is 9.16. The minimum absolute atomic E-state index is 0.0195. The second-order valence-electron chi connectivity index (χ2n) is 8.33. The highest BCUT2D eigenvalue weighted by Crippen LogP contribution is 2.21. The van der Waals surface area contributed by atoms with E-state index in [0.717, 1.165) is 13.1 Å². The Kier molecular flexibility index (Phi) is 7.10. The largest absolute Gasteiger partial charge is 0.484 e. The standard InChI is InChI=1S/C22H30N4O3/c1-17-11-18(2)14-26(13-17)21(27)15-24-7-9-25(10-8-24)22(28)16-29-20-5-3-19(12-23)4-6-20/h3-6,17-18H,7-11,13-16H2,1-2H3. The van der Waals surface area contributed by atoms with Gasteiger partial charge in [-0.15, -0.1) is 0 Å². The number of rotatable bonds is 5. The fourth-order valence-electron chi connectivity index (χ4n) is 4.18. The van der Waals surface area contributed by atoms with Crippen LogP contribution in [0.3, 0.4) is 0 Å². The van der Waals surface area contributed by atoms with E-state index in [-0.39, 0.29) is 18.4 Å². The van der Waals surface area contributed by atoms with Crippen LogP contribution in [0.1, 0.15) is 25.8 Å². The third-order valence-electron chi connectivity index (χ3n) is 5.65. The molecule has 2 atom stereocenters. The summed E-state index contributed by atoms with van der Waals surface area (Å²) in [5.74, 6) is 1.85. The molecule has 29 heavy (non-hydrogen) atoms. The quantitative estimate of drug-likeness (QED) is 0.753. The summed E-state index contributed by atoms with van der Waals surface area (Å²) in [7, 11) is 0. The molecule has 0 N–H and O–H groups in total. The van der Waals surface area contributed by atoms with Crippen LogP contribution in [0.2, 0.25) is 0 Å². The topological polar surface area (TPSA) is 76.9 Å². The van der Waals surface area contributed by atoms with Crippen molar-refractivity contribution in [1.29, 1.82) is 5.26 Å². The summed E-state index contributed by atoms with van der Waals surface area (Å²) in [6.07, 6.45) is 1.19. The Morgan fingerprint density at radius 2 is 1.62 bits per heavy atom. The van der Waals surface area contributed by atoms with Crippen LogP contribution in [0.4, 0.5) is 0 Å². The molecule has 2 fully saturated rings. The molecule has 2 saturated heterocycles. The molecular weight excluding hydrogens is 368 g/mol. The first-order chi connectivity index (χ1) is 13.9. The Balaban J connectivity index is 1.39. The molecule has 3 rings (SSSR count). The molecule has 2 amide bonds. The third-order valence-corrected chi connectivity index (χ3v) is 5.65. The average Bonchev–Trinajstić information content (AvgIpc) is 2.72. The minimum atomic E-state index is -0.0565. The Hall–Kier alpha value is -2.59. The van der Waals surface area contributed by atoms with Gasteiger partial charge in [0.1, 0.15) is 5.75 Å². The maximum Gasteiger partial charge on any atom is 0.260 e. The van der Waals surface area contributed by atoms with Gasteiger partial charge in [-0.1, -0.05) is 13.8 Å². The molecular formula is C22H30N4O3. The van der Waals surface area contributed by atoms with Gasteiger partial charge in [-0.05, 0) is 42.5 Å². The maximum atomic E-state index is 12.6. The molecule has 0 saturated carbocycles. The van der Waals surface area contributed by atoms with Crippen molar-refractivity contribution in [3.05, 3.63) is 29.8 Å². The van der Waals surface area contributed by atoms with Gasteiger partial charge in [-0.25, -0.2) is 0 Å². The number of nitriles is 1. The number of piperidine rings is 1. The van der Waals surface area contributed by atoms with Gasteiger partial charge >= 0.3 is 0 Å². The molecule has 0 bridgehead atoms. The van der Waals surface area contributed by atoms with Gasteiger partial charge in [0.05, 0.1) is 18.2 Å². The zero-order chi connectivity index (χ0) is 20.8. The lowest BCUT2D eigenvalue weighted by molar-refractivity contribution is -0.137. The molecule has 0 radical (unpaired) electrons. The minimum Gasteiger partial charge on any atom is -0.484 e. The van der Waals surface area contributed by atoms with Crippen molar-refractivity contribution in [1.82, 2.24) is 14.7 Å². The van der Waals surface area contributed by atoms with Crippen molar-refractivity contribution in [3.8, 4) is 11.8 Å². The van der Waals surface area contributed by atoms with E-state index in [9.17, 15) is 9.59 Å². The lowest BCUT2D eigenvalue weighted by Crippen LogP contribution is -2.53. The summed E-state index contributed by atoms with van der Waals surface area (Å²) in [5.41, 5.74) is 0.558. The van der Waals surface area contributed by atoms with Crippen molar-refractivity contribution in [2.45, 2.75) is 20.3 Å². The van der Waals surface area contributed by atoms with Crippen molar-refractivity contribution in [3.63, 3.8) is 0 Å². The Morgan fingerprint density at radius 3 is 2.21 bits per heavy atom. The normalized spacial score (nSPS) is 22.8. The van der Waals surface area contributed by atoms with Crippen molar-refractivity contribution < 1.29 is 14.3 Å². The number of piperazine rings is 1. The van der Waals surface area contributed by atoms with Gasteiger partial charge in [0, 0.05) is 39.3 Å².